The first-order valence-electron chi connectivity index (χ1n) is 8.73. The summed E-state index contributed by atoms with van der Waals surface area (Å²) in [5.74, 6) is 0. The molecule has 0 unspecified atom stereocenters. The molecule has 7 nitrogen and oxygen atoms in total. The molecule has 2 aromatic rings. The highest BCUT2D eigenvalue weighted by Crippen LogP contribution is 2.28. The monoisotopic (exact) mass is 407 g/mol. The van der Waals surface area contributed by atoms with Gasteiger partial charge < -0.3 is 0 Å². The average Bonchev–Trinajstić information content (AvgIpc) is 2.80. The van der Waals surface area contributed by atoms with E-state index in [-0.39, 0.29) is 10.0 Å². The van der Waals surface area contributed by atoms with Crippen molar-refractivity contribution in [2.24, 2.45) is 7.05 Å². The van der Waals surface area contributed by atoms with E-state index in [4.69, 9.17) is 16.9 Å². The molecule has 1 aliphatic rings. The van der Waals surface area contributed by atoms with Gasteiger partial charge in [-0.05, 0) is 37.6 Å². The Morgan fingerprint density at radius 2 is 1.89 bits per heavy atom. The summed E-state index contributed by atoms with van der Waals surface area (Å²) >= 11 is 6.18. The van der Waals surface area contributed by atoms with E-state index >= 15 is 0 Å². The van der Waals surface area contributed by atoms with Gasteiger partial charge in [0.05, 0.1) is 17.3 Å². The molecule has 0 atom stereocenters. The maximum Gasteiger partial charge on any atom is 0.248 e. The number of nitrogens with zero attached hydrogens (tertiary/aromatic N) is 5. The summed E-state index contributed by atoms with van der Waals surface area (Å²) in [7, 11) is -2.04. The van der Waals surface area contributed by atoms with Crippen LogP contribution in [0.15, 0.2) is 29.2 Å². The van der Waals surface area contributed by atoms with Gasteiger partial charge >= 0.3 is 0 Å². The minimum Gasteiger partial charge on any atom is -0.298 e. The summed E-state index contributed by atoms with van der Waals surface area (Å²) in [6, 6.07) is 9.60. The van der Waals surface area contributed by atoms with E-state index in [1.165, 1.54) is 8.99 Å². The van der Waals surface area contributed by atoms with Gasteiger partial charge in [0.25, 0.3) is 0 Å². The Kier molecular flexibility index (Phi) is 5.86. The molecule has 1 aromatic heterocycles. The number of hydrogen-bond donors (Lipinski definition) is 0. The Morgan fingerprint density at radius 3 is 2.48 bits per heavy atom. The normalized spacial score (nSPS) is 16.8. The van der Waals surface area contributed by atoms with E-state index in [0.29, 0.717) is 30.9 Å². The lowest BCUT2D eigenvalue weighted by molar-refractivity contribution is 0.278. The van der Waals surface area contributed by atoms with E-state index in [1.54, 1.807) is 26.1 Å². The predicted octanol–water partition coefficient (Wildman–Crippen LogP) is 2.15. The van der Waals surface area contributed by atoms with E-state index in [0.717, 1.165) is 25.1 Å². The van der Waals surface area contributed by atoms with E-state index in [2.05, 4.69) is 16.1 Å². The molecule has 0 amide bonds. The average molecular weight is 408 g/mol. The molecule has 144 valence electrons. The molecule has 1 aliphatic heterocycles. The molecule has 0 aliphatic carbocycles. The van der Waals surface area contributed by atoms with Gasteiger partial charge in [-0.2, -0.15) is 14.7 Å². The van der Waals surface area contributed by atoms with Crippen molar-refractivity contribution in [1.82, 2.24) is 19.0 Å². The summed E-state index contributed by atoms with van der Waals surface area (Å²) in [6.45, 7) is 4.70. The molecule has 0 radical (unpaired) electrons. The van der Waals surface area contributed by atoms with Gasteiger partial charge in [-0.3, -0.25) is 9.58 Å². The first kappa shape index (κ1) is 19.8. The van der Waals surface area contributed by atoms with Crippen molar-refractivity contribution in [2.45, 2.75) is 24.8 Å². The van der Waals surface area contributed by atoms with Gasteiger partial charge in [0.2, 0.25) is 10.0 Å². The van der Waals surface area contributed by atoms with Gasteiger partial charge in [0, 0.05) is 33.2 Å². The summed E-state index contributed by atoms with van der Waals surface area (Å²) in [5.41, 5.74) is 2.16. The standard InChI is InChI=1S/C18H22ClN5O2S/c1-14-17(18(19)22(2)21-14)27(25,26)24-9-3-8-23(10-11-24)13-16-6-4-15(12-20)5-7-16/h4-7H,3,8-11,13H2,1-2H3. The van der Waals surface area contributed by atoms with Crippen LogP contribution >= 0.6 is 11.6 Å². The highest BCUT2D eigenvalue weighted by Gasteiger charge is 2.32. The van der Waals surface area contributed by atoms with Gasteiger partial charge in [0.15, 0.2) is 0 Å². The van der Waals surface area contributed by atoms with Crippen LogP contribution in [-0.2, 0) is 23.6 Å². The third kappa shape index (κ3) is 4.17. The number of nitriles is 1. The maximum atomic E-state index is 13.1. The molecule has 0 spiro atoms. The lowest BCUT2D eigenvalue weighted by Gasteiger charge is -2.21. The van der Waals surface area contributed by atoms with E-state index in [1.807, 2.05) is 12.1 Å². The second-order valence-electron chi connectivity index (χ2n) is 6.67. The summed E-state index contributed by atoms with van der Waals surface area (Å²) < 4.78 is 29.0. The summed E-state index contributed by atoms with van der Waals surface area (Å²) in [6.07, 6.45) is 0.742. The van der Waals surface area contributed by atoms with E-state index in [9.17, 15) is 8.42 Å². The molecular weight excluding hydrogens is 386 g/mol. The zero-order valence-electron chi connectivity index (χ0n) is 15.4. The number of aryl methyl sites for hydroxylation is 2. The molecule has 1 aromatic carbocycles. The van der Waals surface area contributed by atoms with Crippen LogP contribution in [0.3, 0.4) is 0 Å². The number of benzene rings is 1. The lowest BCUT2D eigenvalue weighted by Crippen LogP contribution is -2.35. The first-order chi connectivity index (χ1) is 12.8. The lowest BCUT2D eigenvalue weighted by atomic mass is 10.1. The number of hydrogen-bond acceptors (Lipinski definition) is 5. The summed E-state index contributed by atoms with van der Waals surface area (Å²) in [5, 5.41) is 13.2. The highest BCUT2D eigenvalue weighted by atomic mass is 35.5. The Bertz CT molecular complexity index is 963. The third-order valence-electron chi connectivity index (χ3n) is 4.73. The predicted molar refractivity (Wildman–Crippen MR) is 103 cm³/mol. The number of sulfonamides is 1. The van der Waals surface area contributed by atoms with Crippen LogP contribution in [0, 0.1) is 18.3 Å². The highest BCUT2D eigenvalue weighted by molar-refractivity contribution is 7.89. The fourth-order valence-corrected chi connectivity index (χ4v) is 5.50. The van der Waals surface area contributed by atoms with Crippen LogP contribution < -0.4 is 0 Å². The smallest absolute Gasteiger partial charge is 0.248 e. The molecule has 1 saturated heterocycles. The second-order valence-corrected chi connectivity index (χ2v) is 8.90. The molecule has 1 fully saturated rings. The SMILES string of the molecule is Cc1nn(C)c(Cl)c1S(=O)(=O)N1CCCN(Cc2ccc(C#N)cc2)CC1. The van der Waals surface area contributed by atoms with Crippen molar-refractivity contribution in [3.63, 3.8) is 0 Å². The molecule has 3 rings (SSSR count). The molecular formula is C18H22ClN5O2S. The van der Waals surface area contributed by atoms with Gasteiger partial charge in [-0.1, -0.05) is 23.7 Å². The maximum absolute atomic E-state index is 13.1. The van der Waals surface area contributed by atoms with E-state index < -0.39 is 10.0 Å². The zero-order valence-corrected chi connectivity index (χ0v) is 17.0. The van der Waals surface area contributed by atoms with Crippen LogP contribution in [0.1, 0.15) is 23.2 Å². The van der Waals surface area contributed by atoms with Crippen LogP contribution in [0.5, 0.6) is 0 Å². The van der Waals surface area contributed by atoms with Gasteiger partial charge in [-0.15, -0.1) is 0 Å². The van der Waals surface area contributed by atoms with Gasteiger partial charge in [-0.25, -0.2) is 8.42 Å². The molecule has 27 heavy (non-hydrogen) atoms. The van der Waals surface area contributed by atoms with Crippen molar-refractivity contribution in [1.29, 1.82) is 5.26 Å². The Balaban J connectivity index is 1.71. The van der Waals surface area contributed by atoms with Crippen molar-refractivity contribution >= 4 is 21.6 Å². The second kappa shape index (κ2) is 7.98. The largest absolute Gasteiger partial charge is 0.298 e. The van der Waals surface area contributed by atoms with Crippen molar-refractivity contribution in [2.75, 3.05) is 26.2 Å². The van der Waals surface area contributed by atoms with Crippen LogP contribution in [0.4, 0.5) is 0 Å². The fraction of sp³-hybridized carbons (Fsp3) is 0.444. The quantitative estimate of drug-likeness (QED) is 0.775. The van der Waals surface area contributed by atoms with Crippen molar-refractivity contribution < 1.29 is 8.42 Å². The minimum absolute atomic E-state index is 0.104. The van der Waals surface area contributed by atoms with Crippen molar-refractivity contribution in [3.8, 4) is 6.07 Å². The summed E-state index contributed by atoms with van der Waals surface area (Å²) in [4.78, 5) is 2.33. The molecule has 0 N–H and O–H groups in total. The first-order valence-corrected chi connectivity index (χ1v) is 10.6. The topological polar surface area (TPSA) is 82.2 Å². The Morgan fingerprint density at radius 1 is 1.19 bits per heavy atom. The number of aromatic nitrogens is 2. The van der Waals surface area contributed by atoms with Crippen molar-refractivity contribution in [3.05, 3.63) is 46.2 Å². The number of rotatable bonds is 4. The number of halogens is 1. The molecule has 9 heteroatoms. The molecule has 2 heterocycles. The zero-order chi connectivity index (χ0) is 19.6. The van der Waals surface area contributed by atoms with Crippen LogP contribution in [-0.4, -0.2) is 53.6 Å². The molecule has 0 saturated carbocycles. The van der Waals surface area contributed by atoms with Crippen LogP contribution in [0.25, 0.3) is 0 Å². The Labute approximate surface area is 164 Å². The van der Waals surface area contributed by atoms with Gasteiger partial charge in [0.1, 0.15) is 10.0 Å². The Hall–Kier alpha value is -1.92. The fourth-order valence-electron chi connectivity index (χ4n) is 3.32. The third-order valence-corrected chi connectivity index (χ3v) is 7.33. The minimum atomic E-state index is -3.68. The van der Waals surface area contributed by atoms with Crippen LogP contribution in [0.2, 0.25) is 5.15 Å². The molecule has 0 bridgehead atoms.